The van der Waals surface area contributed by atoms with Crippen LogP contribution in [0, 0.1) is 18.8 Å². The Hall–Kier alpha value is -2.34. The molecule has 0 aromatic heterocycles. The van der Waals surface area contributed by atoms with Crippen molar-refractivity contribution in [3.63, 3.8) is 0 Å². The van der Waals surface area contributed by atoms with Gasteiger partial charge in [-0.15, -0.1) is 0 Å². The first-order valence-electron chi connectivity index (χ1n) is 10.9. The molecule has 0 spiro atoms. The number of rotatable bonds is 7. The highest BCUT2D eigenvalue weighted by atomic mass is 79.9. The molecule has 2 amide bonds. The smallest absolute Gasteiger partial charge is 0.251 e. The number of anilines is 1. The Kier molecular flexibility index (Phi) is 7.76. The predicted molar refractivity (Wildman–Crippen MR) is 129 cm³/mol. The van der Waals surface area contributed by atoms with Crippen LogP contribution in [-0.4, -0.2) is 30.4 Å². The molecule has 6 heteroatoms. The number of halogens is 1. The lowest BCUT2D eigenvalue weighted by Crippen LogP contribution is -2.51. The van der Waals surface area contributed by atoms with Crippen LogP contribution in [0.4, 0.5) is 5.69 Å². The van der Waals surface area contributed by atoms with Crippen LogP contribution in [0.15, 0.2) is 46.9 Å². The summed E-state index contributed by atoms with van der Waals surface area (Å²) >= 11 is 3.51. The average molecular weight is 486 g/mol. The molecule has 1 aliphatic rings. The summed E-state index contributed by atoms with van der Waals surface area (Å²) in [7, 11) is 0. The van der Waals surface area contributed by atoms with Crippen LogP contribution < -0.4 is 16.0 Å². The first-order chi connectivity index (χ1) is 14.7. The summed E-state index contributed by atoms with van der Waals surface area (Å²) < 4.78 is 0.845. The number of hydrogen-bond donors (Lipinski definition) is 3. The van der Waals surface area contributed by atoms with E-state index in [0.717, 1.165) is 28.6 Å². The molecule has 3 rings (SSSR count). The zero-order valence-corrected chi connectivity index (χ0v) is 20.3. The molecule has 166 valence electrons. The number of nitrogens with one attached hydrogen (secondary N) is 3. The van der Waals surface area contributed by atoms with E-state index in [-0.39, 0.29) is 35.7 Å². The van der Waals surface area contributed by atoms with Crippen LogP contribution >= 0.6 is 15.9 Å². The van der Waals surface area contributed by atoms with Crippen LogP contribution in [-0.2, 0) is 11.2 Å². The lowest BCUT2D eigenvalue weighted by molar-refractivity contribution is -0.129. The molecule has 1 heterocycles. The Labute approximate surface area is 193 Å². The normalized spacial score (nSPS) is 21.0. The summed E-state index contributed by atoms with van der Waals surface area (Å²) in [5, 5.41) is 9.47. The molecule has 0 bridgehead atoms. The van der Waals surface area contributed by atoms with E-state index in [1.165, 1.54) is 5.56 Å². The molecule has 2 aromatic carbocycles. The number of benzene rings is 2. The minimum absolute atomic E-state index is 0.0214. The molecule has 1 aliphatic heterocycles. The van der Waals surface area contributed by atoms with Crippen LogP contribution in [0.1, 0.15) is 48.7 Å². The second-order valence-electron chi connectivity index (χ2n) is 8.84. The van der Waals surface area contributed by atoms with Crippen molar-refractivity contribution in [2.45, 2.75) is 52.6 Å². The van der Waals surface area contributed by atoms with Gasteiger partial charge in [-0.25, -0.2) is 0 Å². The van der Waals surface area contributed by atoms with Gasteiger partial charge < -0.3 is 16.0 Å². The molecule has 3 unspecified atom stereocenters. The molecule has 31 heavy (non-hydrogen) atoms. The minimum atomic E-state index is -0.249. The fourth-order valence-electron chi connectivity index (χ4n) is 4.32. The van der Waals surface area contributed by atoms with Crippen molar-refractivity contribution in [3.8, 4) is 0 Å². The molecular weight excluding hydrogens is 454 g/mol. The zero-order valence-electron chi connectivity index (χ0n) is 18.7. The van der Waals surface area contributed by atoms with Gasteiger partial charge in [-0.3, -0.25) is 9.59 Å². The molecule has 1 fully saturated rings. The van der Waals surface area contributed by atoms with Gasteiger partial charge in [-0.1, -0.05) is 46.3 Å². The highest BCUT2D eigenvalue weighted by molar-refractivity contribution is 9.10. The number of piperidine rings is 1. The van der Waals surface area contributed by atoms with Gasteiger partial charge in [0.2, 0.25) is 5.91 Å². The Balaban J connectivity index is 1.74. The van der Waals surface area contributed by atoms with Crippen molar-refractivity contribution < 1.29 is 9.59 Å². The number of amides is 2. The maximum atomic E-state index is 13.0. The lowest BCUT2D eigenvalue weighted by atomic mass is 9.79. The van der Waals surface area contributed by atoms with Gasteiger partial charge >= 0.3 is 0 Å². The second-order valence-corrected chi connectivity index (χ2v) is 9.75. The van der Waals surface area contributed by atoms with Crippen LogP contribution in [0.5, 0.6) is 0 Å². The summed E-state index contributed by atoms with van der Waals surface area (Å²) in [6.07, 6.45) is 1.73. The highest BCUT2D eigenvalue weighted by Gasteiger charge is 2.35. The molecule has 5 nitrogen and oxygen atoms in total. The Morgan fingerprint density at radius 2 is 1.94 bits per heavy atom. The van der Waals surface area contributed by atoms with Crippen molar-refractivity contribution in [2.24, 2.45) is 11.8 Å². The third-order valence-corrected chi connectivity index (χ3v) is 6.29. The van der Waals surface area contributed by atoms with E-state index in [0.29, 0.717) is 12.1 Å². The molecule has 2 aromatic rings. The van der Waals surface area contributed by atoms with Gasteiger partial charge in [0, 0.05) is 34.4 Å². The first kappa shape index (κ1) is 23.3. The number of carbonyl (C=O) groups is 2. The third kappa shape index (κ3) is 6.10. The molecule has 3 N–H and O–H groups in total. The van der Waals surface area contributed by atoms with E-state index in [1.54, 1.807) is 0 Å². The quantitative estimate of drug-likeness (QED) is 0.532. The molecule has 1 saturated heterocycles. The van der Waals surface area contributed by atoms with Crippen molar-refractivity contribution in [1.29, 1.82) is 0 Å². The monoisotopic (exact) mass is 485 g/mol. The molecular formula is C25H32BrN3O2. The molecule has 3 atom stereocenters. The fraction of sp³-hybridized carbons (Fsp3) is 0.440. The van der Waals surface area contributed by atoms with Crippen molar-refractivity contribution in [1.82, 2.24) is 10.6 Å². The molecule has 0 radical (unpaired) electrons. The maximum Gasteiger partial charge on any atom is 0.251 e. The maximum absolute atomic E-state index is 13.0. The van der Waals surface area contributed by atoms with Gasteiger partial charge in [-0.2, -0.15) is 0 Å². The van der Waals surface area contributed by atoms with Gasteiger partial charge in [-0.05, 0) is 69.7 Å². The Morgan fingerprint density at radius 1 is 1.23 bits per heavy atom. The van der Waals surface area contributed by atoms with Crippen LogP contribution in [0.3, 0.4) is 0 Å². The highest BCUT2D eigenvalue weighted by Crippen LogP contribution is 2.28. The van der Waals surface area contributed by atoms with Gasteiger partial charge in [0.1, 0.15) is 0 Å². The Bertz CT molecular complexity index is 930. The van der Waals surface area contributed by atoms with E-state index in [9.17, 15) is 9.59 Å². The lowest BCUT2D eigenvalue weighted by Gasteiger charge is -2.35. The summed E-state index contributed by atoms with van der Waals surface area (Å²) in [4.78, 5) is 25.8. The second kappa shape index (κ2) is 10.3. The van der Waals surface area contributed by atoms with Gasteiger partial charge in [0.15, 0.2) is 0 Å². The van der Waals surface area contributed by atoms with E-state index in [1.807, 2.05) is 44.2 Å². The van der Waals surface area contributed by atoms with Crippen LogP contribution in [0.25, 0.3) is 0 Å². The average Bonchev–Trinajstić information content (AvgIpc) is 2.70. The van der Waals surface area contributed by atoms with Crippen molar-refractivity contribution in [2.75, 3.05) is 11.9 Å². The van der Waals surface area contributed by atoms with Crippen molar-refractivity contribution >= 4 is 33.4 Å². The van der Waals surface area contributed by atoms with E-state index in [4.69, 9.17) is 0 Å². The summed E-state index contributed by atoms with van der Waals surface area (Å²) in [6.45, 7) is 8.44. The fourth-order valence-corrected chi connectivity index (χ4v) is 4.77. The van der Waals surface area contributed by atoms with Crippen molar-refractivity contribution in [3.05, 3.63) is 63.6 Å². The third-order valence-electron chi connectivity index (χ3n) is 5.84. The topological polar surface area (TPSA) is 70.2 Å². The Morgan fingerprint density at radius 3 is 2.61 bits per heavy atom. The standard InChI is InChI=1S/C25H32BrN3O2/c1-15(2)28-23-13-20(26)12-21(17(23)4)24(30)27-14-22-19(10-16(3)29-25(22)31)11-18-8-6-5-7-9-18/h5-9,12-13,15-16,19,22,28H,10-11,14H2,1-4H3,(H,27,30)(H,29,31). The first-order valence-corrected chi connectivity index (χ1v) is 11.7. The summed E-state index contributed by atoms with van der Waals surface area (Å²) in [6, 6.07) is 14.5. The summed E-state index contributed by atoms with van der Waals surface area (Å²) in [5.41, 5.74) is 3.66. The van der Waals surface area contributed by atoms with Gasteiger partial charge in [0.25, 0.3) is 5.91 Å². The van der Waals surface area contributed by atoms with E-state index < -0.39 is 0 Å². The predicted octanol–water partition coefficient (Wildman–Crippen LogP) is 4.69. The largest absolute Gasteiger partial charge is 0.383 e. The molecule has 0 aliphatic carbocycles. The zero-order chi connectivity index (χ0) is 22.5. The summed E-state index contributed by atoms with van der Waals surface area (Å²) in [5.74, 6) is -0.196. The SMILES string of the molecule is Cc1c(NC(C)C)cc(Br)cc1C(=O)NCC1C(=O)NC(C)CC1Cc1ccccc1. The van der Waals surface area contributed by atoms with E-state index in [2.05, 4.69) is 57.9 Å². The number of carbonyl (C=O) groups excluding carboxylic acids is 2. The van der Waals surface area contributed by atoms with E-state index >= 15 is 0 Å². The minimum Gasteiger partial charge on any atom is -0.383 e. The number of hydrogen-bond acceptors (Lipinski definition) is 3. The molecule has 0 saturated carbocycles. The van der Waals surface area contributed by atoms with Crippen LogP contribution in [0.2, 0.25) is 0 Å². The van der Waals surface area contributed by atoms with Gasteiger partial charge in [0.05, 0.1) is 5.92 Å².